The van der Waals surface area contributed by atoms with Crippen molar-refractivity contribution >= 4 is 0 Å². The van der Waals surface area contributed by atoms with Crippen molar-refractivity contribution < 1.29 is 5.11 Å². The molecule has 0 fully saturated rings. The van der Waals surface area contributed by atoms with Crippen LogP contribution in [-0.2, 0) is 6.54 Å². The minimum absolute atomic E-state index is 0.0279. The molecule has 0 spiro atoms. The fourth-order valence-electron chi connectivity index (χ4n) is 1.42. The van der Waals surface area contributed by atoms with Crippen molar-refractivity contribution in [2.45, 2.75) is 25.9 Å². The second-order valence-corrected chi connectivity index (χ2v) is 3.25. The molecule has 0 aliphatic heterocycles. The van der Waals surface area contributed by atoms with Crippen LogP contribution in [0, 0.1) is 11.3 Å². The number of aliphatic hydroxyl groups is 1. The van der Waals surface area contributed by atoms with Gasteiger partial charge in [0.1, 0.15) is 6.04 Å². The van der Waals surface area contributed by atoms with E-state index < -0.39 is 6.04 Å². The van der Waals surface area contributed by atoms with Crippen molar-refractivity contribution in [3.63, 3.8) is 0 Å². The van der Waals surface area contributed by atoms with Gasteiger partial charge in [-0.15, -0.1) is 0 Å². The average Bonchev–Trinajstić information content (AvgIpc) is 2.68. The van der Waals surface area contributed by atoms with Gasteiger partial charge in [-0.2, -0.15) is 5.26 Å². The first-order valence-electron chi connectivity index (χ1n) is 5.07. The normalized spacial score (nSPS) is 12.3. The van der Waals surface area contributed by atoms with Gasteiger partial charge in [0.25, 0.3) is 0 Å². The Labute approximate surface area is 89.4 Å². The average molecular weight is 208 g/mol. The van der Waals surface area contributed by atoms with Crippen LogP contribution < -0.4 is 5.32 Å². The van der Waals surface area contributed by atoms with Crippen molar-refractivity contribution in [1.29, 1.82) is 5.26 Å². The van der Waals surface area contributed by atoms with Gasteiger partial charge in [0.2, 0.25) is 0 Å². The molecule has 0 amide bonds. The van der Waals surface area contributed by atoms with Crippen molar-refractivity contribution in [1.82, 2.24) is 14.9 Å². The van der Waals surface area contributed by atoms with Crippen LogP contribution in [0.5, 0.6) is 0 Å². The van der Waals surface area contributed by atoms with Crippen LogP contribution in [0.4, 0.5) is 0 Å². The van der Waals surface area contributed by atoms with Crippen molar-refractivity contribution in [2.24, 2.45) is 0 Å². The van der Waals surface area contributed by atoms with E-state index in [-0.39, 0.29) is 6.61 Å². The molecule has 1 heterocycles. The summed E-state index contributed by atoms with van der Waals surface area (Å²) in [6, 6.07) is 1.76. The molecule has 5 heteroatoms. The lowest BCUT2D eigenvalue weighted by Gasteiger charge is -2.12. The molecule has 0 aliphatic rings. The number of nitrogens with zero attached hydrogens (tertiary/aromatic N) is 3. The van der Waals surface area contributed by atoms with Crippen molar-refractivity contribution in [3.05, 3.63) is 18.2 Å². The van der Waals surface area contributed by atoms with Crippen LogP contribution in [0.2, 0.25) is 0 Å². The summed E-state index contributed by atoms with van der Waals surface area (Å²) in [7, 11) is 0. The van der Waals surface area contributed by atoms with E-state index in [1.165, 1.54) is 0 Å². The molecule has 1 rings (SSSR count). The molecule has 2 N–H and O–H groups in total. The number of aliphatic hydroxyl groups excluding tert-OH is 1. The van der Waals surface area contributed by atoms with Gasteiger partial charge in [-0.05, 0) is 6.42 Å². The number of imidazole rings is 1. The van der Waals surface area contributed by atoms with Gasteiger partial charge >= 0.3 is 0 Å². The molecule has 0 saturated carbocycles. The third-order valence-corrected chi connectivity index (χ3v) is 2.09. The highest BCUT2D eigenvalue weighted by Crippen LogP contribution is 2.11. The molecule has 1 atom stereocenters. The van der Waals surface area contributed by atoms with Crippen LogP contribution in [0.1, 0.15) is 25.1 Å². The quantitative estimate of drug-likeness (QED) is 0.711. The maximum absolute atomic E-state index is 8.98. The zero-order chi connectivity index (χ0) is 11.1. The molecule has 1 aromatic rings. The number of hydrogen-bond acceptors (Lipinski definition) is 4. The van der Waals surface area contributed by atoms with Crippen LogP contribution in [0.15, 0.2) is 12.5 Å². The Bertz CT molecular complexity index is 328. The molecule has 5 nitrogen and oxygen atoms in total. The largest absolute Gasteiger partial charge is 0.395 e. The molecule has 0 aromatic carbocycles. The first kappa shape index (κ1) is 11.7. The summed E-state index contributed by atoms with van der Waals surface area (Å²) in [4.78, 5) is 4.03. The van der Waals surface area contributed by atoms with E-state index in [1.807, 2.05) is 4.57 Å². The number of rotatable bonds is 6. The van der Waals surface area contributed by atoms with Gasteiger partial charge in [0.05, 0.1) is 30.9 Å². The minimum Gasteiger partial charge on any atom is -0.395 e. The maximum atomic E-state index is 8.98. The van der Waals surface area contributed by atoms with Gasteiger partial charge in [0.15, 0.2) is 0 Å². The molecular formula is C10H16N4O. The van der Waals surface area contributed by atoms with E-state index in [0.717, 1.165) is 18.7 Å². The molecule has 0 saturated heterocycles. The Morgan fingerprint density at radius 1 is 1.73 bits per heavy atom. The molecule has 0 radical (unpaired) electrons. The first-order valence-corrected chi connectivity index (χ1v) is 5.07. The zero-order valence-corrected chi connectivity index (χ0v) is 8.85. The highest BCUT2D eigenvalue weighted by atomic mass is 16.3. The lowest BCUT2D eigenvalue weighted by molar-refractivity contribution is 0.288. The summed E-state index contributed by atoms with van der Waals surface area (Å²) in [6.07, 6.45) is 4.42. The Balaban J connectivity index is 2.73. The minimum atomic E-state index is -0.397. The Kier molecular flexibility index (Phi) is 4.81. The Morgan fingerprint density at radius 2 is 2.53 bits per heavy atom. The summed E-state index contributed by atoms with van der Waals surface area (Å²) in [5, 5.41) is 20.6. The van der Waals surface area contributed by atoms with E-state index in [2.05, 4.69) is 23.3 Å². The summed E-state index contributed by atoms with van der Waals surface area (Å²) in [5.41, 5.74) is 0.854. The van der Waals surface area contributed by atoms with Crippen molar-refractivity contribution in [3.8, 4) is 6.07 Å². The summed E-state index contributed by atoms with van der Waals surface area (Å²) in [6.45, 7) is 3.37. The van der Waals surface area contributed by atoms with E-state index in [0.29, 0.717) is 6.54 Å². The predicted octanol–water partition coefficient (Wildman–Crippen LogP) is 0.440. The number of hydrogen-bond donors (Lipinski definition) is 2. The monoisotopic (exact) mass is 208 g/mol. The summed E-state index contributed by atoms with van der Waals surface area (Å²) in [5.74, 6) is 0. The lowest BCUT2D eigenvalue weighted by atomic mass is 10.2. The van der Waals surface area contributed by atoms with Gasteiger partial charge in [0, 0.05) is 13.1 Å². The van der Waals surface area contributed by atoms with Crippen LogP contribution in [0.25, 0.3) is 0 Å². The van der Waals surface area contributed by atoms with Crippen LogP contribution >= 0.6 is 0 Å². The Hall–Kier alpha value is -1.38. The van der Waals surface area contributed by atoms with Crippen molar-refractivity contribution in [2.75, 3.05) is 13.2 Å². The standard InChI is InChI=1S/C10H16N4O/c1-2-4-14-8-12-7-10(14)9(6-11)13-3-5-15/h7-9,13,15H,2-5H2,1H3. The van der Waals surface area contributed by atoms with Gasteiger partial charge in [-0.3, -0.25) is 5.32 Å². The molecule has 0 bridgehead atoms. The molecule has 15 heavy (non-hydrogen) atoms. The highest BCUT2D eigenvalue weighted by molar-refractivity contribution is 5.13. The summed E-state index contributed by atoms with van der Waals surface area (Å²) < 4.78 is 1.96. The van der Waals surface area contributed by atoms with E-state index in [9.17, 15) is 0 Å². The molecular weight excluding hydrogens is 192 g/mol. The molecule has 82 valence electrons. The first-order chi connectivity index (χ1) is 7.33. The number of nitrogens with one attached hydrogen (secondary N) is 1. The van der Waals surface area contributed by atoms with E-state index >= 15 is 0 Å². The predicted molar refractivity (Wildman–Crippen MR) is 56.0 cm³/mol. The number of aromatic nitrogens is 2. The fraction of sp³-hybridized carbons (Fsp3) is 0.600. The van der Waals surface area contributed by atoms with Crippen LogP contribution in [0.3, 0.4) is 0 Å². The second-order valence-electron chi connectivity index (χ2n) is 3.25. The van der Waals surface area contributed by atoms with E-state index in [4.69, 9.17) is 10.4 Å². The number of nitriles is 1. The Morgan fingerprint density at radius 3 is 3.13 bits per heavy atom. The zero-order valence-electron chi connectivity index (χ0n) is 8.85. The smallest absolute Gasteiger partial charge is 0.138 e. The van der Waals surface area contributed by atoms with Gasteiger partial charge in [-0.1, -0.05) is 6.92 Å². The van der Waals surface area contributed by atoms with Crippen LogP contribution in [-0.4, -0.2) is 27.8 Å². The lowest BCUT2D eigenvalue weighted by Crippen LogP contribution is -2.25. The van der Waals surface area contributed by atoms with E-state index in [1.54, 1.807) is 12.5 Å². The van der Waals surface area contributed by atoms with Gasteiger partial charge in [-0.25, -0.2) is 4.98 Å². The van der Waals surface area contributed by atoms with Gasteiger partial charge < -0.3 is 9.67 Å². The molecule has 1 unspecified atom stereocenters. The molecule has 0 aliphatic carbocycles. The highest BCUT2D eigenvalue weighted by Gasteiger charge is 2.13. The topological polar surface area (TPSA) is 73.9 Å². The third-order valence-electron chi connectivity index (χ3n) is 2.09. The SMILES string of the molecule is CCCn1cncc1C(C#N)NCCO. The molecule has 1 aromatic heterocycles. The maximum Gasteiger partial charge on any atom is 0.138 e. The fourth-order valence-corrected chi connectivity index (χ4v) is 1.42. The third kappa shape index (κ3) is 3.05. The number of aryl methyl sites for hydroxylation is 1. The summed E-state index contributed by atoms with van der Waals surface area (Å²) >= 11 is 0. The second kappa shape index (κ2) is 6.17.